The minimum absolute atomic E-state index is 0.124. The molecule has 0 saturated carbocycles. The van der Waals surface area contributed by atoms with Gasteiger partial charge >= 0.3 is 0 Å². The number of carbonyl (C=O) groups is 2. The number of aryl methyl sites for hydroxylation is 4. The van der Waals surface area contributed by atoms with E-state index < -0.39 is 31.9 Å². The smallest absolute Gasteiger partial charge is 0.268 e. The van der Waals surface area contributed by atoms with E-state index in [-0.39, 0.29) is 22.9 Å². The normalized spacial score (nSPS) is 13.0. The number of nitrogens with zero attached hydrogens (tertiary/aromatic N) is 5. The first-order valence-corrected chi connectivity index (χ1v) is 19.8. The third-order valence-electron chi connectivity index (χ3n) is 9.23. The lowest BCUT2D eigenvalue weighted by molar-refractivity contribution is 0.0640. The van der Waals surface area contributed by atoms with Gasteiger partial charge in [0.2, 0.25) is 0 Å². The Balaban J connectivity index is 0.000000179. The fourth-order valence-electron chi connectivity index (χ4n) is 6.47. The molecule has 3 aromatic carbocycles. The monoisotopic (exact) mass is 760 g/mol. The molecule has 2 N–H and O–H groups in total. The second kappa shape index (κ2) is 13.8. The van der Waals surface area contributed by atoms with Crippen LogP contribution in [0.2, 0.25) is 0 Å². The number of hydrogen-bond acceptors (Lipinski definition) is 9. The van der Waals surface area contributed by atoms with Crippen LogP contribution in [-0.2, 0) is 33.1 Å². The molecule has 8 rings (SSSR count). The van der Waals surface area contributed by atoms with Gasteiger partial charge in [0, 0.05) is 46.8 Å². The van der Waals surface area contributed by atoms with Crippen molar-refractivity contribution in [2.45, 2.75) is 50.6 Å². The quantitative estimate of drug-likeness (QED) is 0.191. The summed E-state index contributed by atoms with van der Waals surface area (Å²) in [7, 11) is -7.68. The first-order valence-electron chi connectivity index (χ1n) is 16.9. The topological polar surface area (TPSA) is 167 Å². The molecule has 0 aliphatic carbocycles. The van der Waals surface area contributed by atoms with Crippen LogP contribution in [0.4, 0.5) is 0 Å². The van der Waals surface area contributed by atoms with Crippen molar-refractivity contribution >= 4 is 53.7 Å². The lowest BCUT2D eigenvalue weighted by Crippen LogP contribution is -2.31. The van der Waals surface area contributed by atoms with Crippen molar-refractivity contribution in [1.29, 1.82) is 0 Å². The van der Waals surface area contributed by atoms with E-state index in [1.54, 1.807) is 116 Å². The molecule has 0 saturated heterocycles. The maximum atomic E-state index is 13.7. The van der Waals surface area contributed by atoms with Crippen LogP contribution >= 0.6 is 0 Å². The first kappa shape index (κ1) is 36.4. The highest BCUT2D eigenvalue weighted by atomic mass is 32.2. The number of aromatic nitrogens is 4. The van der Waals surface area contributed by atoms with Crippen LogP contribution in [0.15, 0.2) is 119 Å². The summed E-state index contributed by atoms with van der Waals surface area (Å²) in [4.78, 5) is 35.7. The Hall–Kier alpha value is -5.96. The molecule has 1 aliphatic rings. The molecule has 0 unspecified atom stereocenters. The Kier molecular flexibility index (Phi) is 9.29. The zero-order valence-electron chi connectivity index (χ0n) is 29.9. The minimum atomic E-state index is -3.99. The van der Waals surface area contributed by atoms with Gasteiger partial charge in [-0.15, -0.1) is 0 Å². The van der Waals surface area contributed by atoms with Crippen molar-refractivity contribution < 1.29 is 26.4 Å². The molecule has 0 atom stereocenters. The van der Waals surface area contributed by atoms with E-state index >= 15 is 0 Å². The number of hydrogen-bond donors (Lipinski definition) is 1. The molecular formula is C40H36N6O6S2. The molecule has 2 amide bonds. The second-order valence-electron chi connectivity index (χ2n) is 13.2. The molecular weight excluding hydrogens is 725 g/mol. The van der Waals surface area contributed by atoms with Crippen LogP contribution in [0.25, 0.3) is 21.8 Å². The SMILES string of the molecule is Cc1ccc(S(=O)(=O)n2c(CN)cc3cnc(C)cc32)cc1.Cc1ccc(S(=O)(=O)n2c(CN3C(=O)c4ccccc4C3=O)cc3cnc(C)cc32)cc1. The third kappa shape index (κ3) is 6.37. The van der Waals surface area contributed by atoms with E-state index in [9.17, 15) is 26.4 Å². The summed E-state index contributed by atoms with van der Waals surface area (Å²) in [6, 6.07) is 26.8. The first-order chi connectivity index (χ1) is 25.7. The molecule has 0 radical (unpaired) electrons. The van der Waals surface area contributed by atoms with Gasteiger partial charge in [0.05, 0.1) is 44.2 Å². The van der Waals surface area contributed by atoms with Crippen LogP contribution < -0.4 is 5.73 Å². The second-order valence-corrected chi connectivity index (χ2v) is 16.7. The van der Waals surface area contributed by atoms with Gasteiger partial charge in [-0.2, -0.15) is 0 Å². The molecule has 7 aromatic rings. The lowest BCUT2D eigenvalue weighted by atomic mass is 10.1. The van der Waals surface area contributed by atoms with Gasteiger partial charge in [0.15, 0.2) is 0 Å². The largest absolute Gasteiger partial charge is 0.325 e. The number of pyridine rings is 2. The van der Waals surface area contributed by atoms with Crippen LogP contribution in [0.5, 0.6) is 0 Å². The number of amides is 2. The number of carbonyl (C=O) groups excluding carboxylic acids is 2. The number of rotatable bonds is 7. The highest BCUT2D eigenvalue weighted by Crippen LogP contribution is 2.31. The van der Waals surface area contributed by atoms with E-state index in [2.05, 4.69) is 9.97 Å². The van der Waals surface area contributed by atoms with Gasteiger partial charge < -0.3 is 5.73 Å². The number of nitrogens with two attached hydrogens (primary N) is 1. The summed E-state index contributed by atoms with van der Waals surface area (Å²) in [6.45, 7) is 7.37. The standard InChI is InChI=1S/C24H19N3O4S.C16H17N3O2S/c1-15-7-9-19(10-8-15)32(30,31)27-18(12-17-13-25-16(2)11-22(17)27)14-26-23(28)20-5-3-4-6-21(20)24(26)29;1-11-3-5-15(6-4-11)22(20,21)19-14(9-17)8-13-10-18-12(2)7-16(13)19/h3-13H,14H2,1-2H3;3-8,10H,9,17H2,1-2H3. The van der Waals surface area contributed by atoms with Crippen molar-refractivity contribution in [3.63, 3.8) is 0 Å². The van der Waals surface area contributed by atoms with Crippen molar-refractivity contribution in [1.82, 2.24) is 22.8 Å². The summed E-state index contributed by atoms with van der Waals surface area (Å²) in [5.74, 6) is -0.881. The van der Waals surface area contributed by atoms with Crippen LogP contribution in [0, 0.1) is 27.7 Å². The summed E-state index contributed by atoms with van der Waals surface area (Å²) in [5.41, 5.74) is 11.7. The molecule has 4 aromatic heterocycles. The van der Waals surface area contributed by atoms with Gasteiger partial charge in [0.1, 0.15) is 0 Å². The summed E-state index contributed by atoms with van der Waals surface area (Å²) in [6.07, 6.45) is 3.27. The van der Waals surface area contributed by atoms with E-state index in [1.807, 2.05) is 20.8 Å². The fraction of sp³-hybridized carbons (Fsp3) is 0.150. The van der Waals surface area contributed by atoms with Gasteiger partial charge in [-0.05, 0) is 88.4 Å². The Bertz CT molecular complexity index is 2810. The third-order valence-corrected chi connectivity index (χ3v) is 12.8. The predicted octanol–water partition coefficient (Wildman–Crippen LogP) is 6.04. The minimum Gasteiger partial charge on any atom is -0.325 e. The average molecular weight is 761 g/mol. The summed E-state index contributed by atoms with van der Waals surface area (Å²) in [5, 5.41) is 1.37. The Morgan fingerprint density at radius 1 is 0.574 bits per heavy atom. The van der Waals surface area contributed by atoms with Gasteiger partial charge in [-0.1, -0.05) is 47.5 Å². The lowest BCUT2D eigenvalue weighted by Gasteiger charge is -2.17. The average Bonchev–Trinajstić information content (AvgIpc) is 3.78. The van der Waals surface area contributed by atoms with Gasteiger partial charge in [-0.25, -0.2) is 24.8 Å². The van der Waals surface area contributed by atoms with Crippen LogP contribution in [0.3, 0.4) is 0 Å². The van der Waals surface area contributed by atoms with E-state index in [1.165, 1.54) is 7.94 Å². The Morgan fingerprint density at radius 3 is 1.41 bits per heavy atom. The van der Waals surface area contributed by atoms with Crippen molar-refractivity contribution in [2.24, 2.45) is 5.73 Å². The fourth-order valence-corrected chi connectivity index (χ4v) is 9.54. The van der Waals surface area contributed by atoms with Crippen molar-refractivity contribution in [3.05, 3.63) is 154 Å². The molecule has 0 spiro atoms. The zero-order chi connectivity index (χ0) is 38.5. The van der Waals surface area contributed by atoms with E-state index in [4.69, 9.17) is 5.73 Å². The van der Waals surface area contributed by atoms with Crippen molar-refractivity contribution in [3.8, 4) is 0 Å². The maximum absolute atomic E-state index is 13.7. The molecule has 12 nitrogen and oxygen atoms in total. The summed E-state index contributed by atoms with van der Waals surface area (Å²) < 4.78 is 55.9. The van der Waals surface area contributed by atoms with Gasteiger partial charge in [0.25, 0.3) is 31.9 Å². The number of imide groups is 1. The molecule has 14 heteroatoms. The van der Waals surface area contributed by atoms with Crippen LogP contribution in [0.1, 0.15) is 54.6 Å². The highest BCUT2D eigenvalue weighted by Gasteiger charge is 2.36. The Morgan fingerprint density at radius 2 is 0.981 bits per heavy atom. The highest BCUT2D eigenvalue weighted by molar-refractivity contribution is 7.90. The maximum Gasteiger partial charge on any atom is 0.268 e. The zero-order valence-corrected chi connectivity index (χ0v) is 31.5. The number of fused-ring (bicyclic) bond motifs is 3. The van der Waals surface area contributed by atoms with Crippen molar-refractivity contribution in [2.75, 3.05) is 0 Å². The molecule has 0 bridgehead atoms. The molecule has 1 aliphatic heterocycles. The molecule has 5 heterocycles. The van der Waals surface area contributed by atoms with E-state index in [0.29, 0.717) is 44.6 Å². The van der Waals surface area contributed by atoms with E-state index in [0.717, 1.165) is 27.1 Å². The predicted molar refractivity (Wildman–Crippen MR) is 205 cm³/mol. The van der Waals surface area contributed by atoms with Gasteiger partial charge in [-0.3, -0.25) is 24.5 Å². The van der Waals surface area contributed by atoms with Crippen LogP contribution in [-0.4, -0.2) is 51.5 Å². The molecule has 274 valence electrons. The summed E-state index contributed by atoms with van der Waals surface area (Å²) >= 11 is 0. The molecule has 0 fully saturated rings. The Labute approximate surface area is 312 Å². The number of benzene rings is 3. The molecule has 54 heavy (non-hydrogen) atoms.